The summed E-state index contributed by atoms with van der Waals surface area (Å²) >= 11 is 0. The highest BCUT2D eigenvalue weighted by Gasteiger charge is 2.22. The number of fused-ring (bicyclic) bond motifs is 1. The van der Waals surface area contributed by atoms with Gasteiger partial charge >= 0.3 is 0 Å². The zero-order valence-electron chi connectivity index (χ0n) is 12.9. The maximum Gasteiger partial charge on any atom is 0.167 e. The first kappa shape index (κ1) is 15.5. The van der Waals surface area contributed by atoms with E-state index in [2.05, 4.69) is 23.1 Å². The molecule has 0 radical (unpaired) electrons. The Balaban J connectivity index is 1.88. The van der Waals surface area contributed by atoms with Gasteiger partial charge in [0.2, 0.25) is 0 Å². The number of aromatic amines is 1. The highest BCUT2D eigenvalue weighted by molar-refractivity contribution is 7.90. The molecule has 6 heteroatoms. The Morgan fingerprint density at radius 1 is 1.41 bits per heavy atom. The van der Waals surface area contributed by atoms with Crippen LogP contribution in [0, 0.1) is 0 Å². The summed E-state index contributed by atoms with van der Waals surface area (Å²) in [5, 5.41) is 1.13. The van der Waals surface area contributed by atoms with E-state index in [1.54, 1.807) is 0 Å². The quantitative estimate of drug-likeness (QED) is 0.877. The number of rotatable bonds is 5. The molecule has 0 saturated carbocycles. The molecule has 5 nitrogen and oxygen atoms in total. The molecule has 2 aromatic rings. The van der Waals surface area contributed by atoms with Crippen LogP contribution in [0.2, 0.25) is 0 Å². The van der Waals surface area contributed by atoms with Gasteiger partial charge in [-0.25, -0.2) is 8.42 Å². The van der Waals surface area contributed by atoms with Gasteiger partial charge in [-0.3, -0.25) is 0 Å². The van der Waals surface area contributed by atoms with Crippen LogP contribution in [0.5, 0.6) is 0 Å². The molecule has 3 N–H and O–H groups in total. The fourth-order valence-corrected chi connectivity index (χ4v) is 4.09. The van der Waals surface area contributed by atoms with E-state index < -0.39 is 9.84 Å². The van der Waals surface area contributed by atoms with Gasteiger partial charge < -0.3 is 15.6 Å². The Kier molecular flexibility index (Phi) is 4.25. The zero-order valence-corrected chi connectivity index (χ0v) is 13.7. The van der Waals surface area contributed by atoms with Crippen LogP contribution in [0.15, 0.2) is 24.4 Å². The topological polar surface area (TPSA) is 79.2 Å². The summed E-state index contributed by atoms with van der Waals surface area (Å²) in [6, 6.07) is 6.38. The van der Waals surface area contributed by atoms with Crippen molar-refractivity contribution in [3.63, 3.8) is 0 Å². The van der Waals surface area contributed by atoms with E-state index in [9.17, 15) is 8.42 Å². The van der Waals surface area contributed by atoms with Crippen LogP contribution in [0.3, 0.4) is 0 Å². The minimum Gasteiger partial charge on any atom is -0.361 e. The van der Waals surface area contributed by atoms with E-state index in [4.69, 9.17) is 5.73 Å². The smallest absolute Gasteiger partial charge is 0.167 e. The summed E-state index contributed by atoms with van der Waals surface area (Å²) < 4.78 is 23.4. The molecule has 0 spiro atoms. The summed E-state index contributed by atoms with van der Waals surface area (Å²) in [7, 11) is -1.04. The molecule has 1 fully saturated rings. The minimum absolute atomic E-state index is 0.00733. The van der Waals surface area contributed by atoms with Crippen LogP contribution in [0.4, 0.5) is 0 Å². The number of aromatic nitrogens is 1. The predicted molar refractivity (Wildman–Crippen MR) is 89.3 cm³/mol. The summed E-state index contributed by atoms with van der Waals surface area (Å²) in [6.07, 6.45) is 5.54. The van der Waals surface area contributed by atoms with Crippen LogP contribution < -0.4 is 5.73 Å². The maximum absolute atomic E-state index is 11.7. The molecule has 1 saturated heterocycles. The van der Waals surface area contributed by atoms with Crippen LogP contribution >= 0.6 is 0 Å². The third-order valence-corrected chi connectivity index (χ3v) is 5.88. The van der Waals surface area contributed by atoms with Crippen molar-refractivity contribution in [3.05, 3.63) is 35.5 Å². The molecule has 0 aliphatic carbocycles. The second-order valence-electron chi connectivity index (χ2n) is 6.23. The lowest BCUT2D eigenvalue weighted by atomic mass is 10.0. The van der Waals surface area contributed by atoms with Crippen LogP contribution in [-0.2, 0) is 22.0 Å². The first-order chi connectivity index (χ1) is 10.5. The average molecular weight is 321 g/mol. The lowest BCUT2D eigenvalue weighted by Gasteiger charge is -2.18. The zero-order chi connectivity index (χ0) is 15.7. The van der Waals surface area contributed by atoms with Crippen LogP contribution in [0.1, 0.15) is 24.0 Å². The number of nitrogens with one attached hydrogen (secondary N) is 1. The van der Waals surface area contributed by atoms with Crippen molar-refractivity contribution < 1.29 is 8.42 Å². The van der Waals surface area contributed by atoms with E-state index in [1.165, 1.54) is 18.4 Å². The second kappa shape index (κ2) is 6.02. The van der Waals surface area contributed by atoms with Crippen molar-refractivity contribution >= 4 is 20.7 Å². The molecule has 0 bridgehead atoms. The van der Waals surface area contributed by atoms with E-state index >= 15 is 0 Å². The van der Waals surface area contributed by atoms with Gasteiger partial charge in [0.15, 0.2) is 9.84 Å². The van der Waals surface area contributed by atoms with Gasteiger partial charge in [0.05, 0.1) is 11.6 Å². The van der Waals surface area contributed by atoms with Crippen molar-refractivity contribution in [2.45, 2.75) is 31.1 Å². The Labute approximate surface area is 131 Å². The number of hydrogen-bond acceptors (Lipinski definition) is 4. The fourth-order valence-electron chi connectivity index (χ4n) is 3.29. The summed E-state index contributed by atoms with van der Waals surface area (Å²) in [5.41, 5.74) is 8.43. The van der Waals surface area contributed by atoms with Crippen molar-refractivity contribution in [2.24, 2.45) is 5.73 Å². The van der Waals surface area contributed by atoms with E-state index in [0.29, 0.717) is 6.04 Å². The standard InChI is InChI=1S/C16H23N3O2S/c1-19-6-2-3-14(19)8-13-9-18-16-5-4-12(7-15(13)16)10-22(20,21)11-17/h4-5,7,9,14,18H,2-3,6,8,10-11,17H2,1H3. The third-order valence-electron chi connectivity index (χ3n) is 4.60. The highest BCUT2D eigenvalue weighted by Crippen LogP contribution is 2.26. The van der Waals surface area contributed by atoms with Gasteiger partial charge in [-0.1, -0.05) is 6.07 Å². The molecule has 1 aromatic heterocycles. The monoisotopic (exact) mass is 321 g/mol. The molecule has 1 aliphatic heterocycles. The molecular formula is C16H23N3O2S. The number of likely N-dealkylation sites (tertiary alicyclic amines) is 1. The largest absolute Gasteiger partial charge is 0.361 e. The number of nitrogens with zero attached hydrogens (tertiary/aromatic N) is 1. The predicted octanol–water partition coefficient (Wildman–Crippen LogP) is 1.64. The third kappa shape index (κ3) is 3.19. The number of H-pyrrole nitrogens is 1. The Bertz CT molecular complexity index is 767. The Morgan fingerprint density at radius 2 is 2.23 bits per heavy atom. The number of sulfone groups is 1. The first-order valence-electron chi connectivity index (χ1n) is 7.68. The number of nitrogens with two attached hydrogens (primary N) is 1. The number of likely N-dealkylation sites (N-methyl/N-ethyl adjacent to an activating group) is 1. The Hall–Kier alpha value is -1.37. The van der Waals surface area contributed by atoms with Gasteiger partial charge in [-0.15, -0.1) is 0 Å². The average Bonchev–Trinajstić information content (AvgIpc) is 3.06. The lowest BCUT2D eigenvalue weighted by molar-refractivity contribution is 0.310. The van der Waals surface area contributed by atoms with Crippen molar-refractivity contribution in [3.8, 4) is 0 Å². The van der Waals surface area contributed by atoms with Crippen LogP contribution in [-0.4, -0.2) is 43.8 Å². The molecular weight excluding hydrogens is 298 g/mol. The molecule has 120 valence electrons. The van der Waals surface area contributed by atoms with Crippen molar-refractivity contribution in [2.75, 3.05) is 19.5 Å². The van der Waals surface area contributed by atoms with Gasteiger partial charge in [0, 0.05) is 23.1 Å². The first-order valence-corrected chi connectivity index (χ1v) is 9.50. The van der Waals surface area contributed by atoms with Crippen LogP contribution in [0.25, 0.3) is 10.9 Å². The number of hydrogen-bond donors (Lipinski definition) is 2. The second-order valence-corrected chi connectivity index (χ2v) is 8.34. The molecule has 0 amide bonds. The highest BCUT2D eigenvalue weighted by atomic mass is 32.2. The molecule has 1 aromatic carbocycles. The van der Waals surface area contributed by atoms with E-state index in [0.717, 1.165) is 29.4 Å². The SMILES string of the molecule is CN1CCCC1Cc1c[nH]c2ccc(CS(=O)(=O)CN)cc12. The number of benzene rings is 1. The molecule has 3 rings (SSSR count). The summed E-state index contributed by atoms with van der Waals surface area (Å²) in [5.74, 6) is -0.300. The van der Waals surface area contributed by atoms with Crippen molar-refractivity contribution in [1.29, 1.82) is 0 Å². The fraction of sp³-hybridized carbons (Fsp3) is 0.500. The van der Waals surface area contributed by atoms with Gasteiger partial charge in [0.25, 0.3) is 0 Å². The Morgan fingerprint density at radius 3 is 2.91 bits per heavy atom. The van der Waals surface area contributed by atoms with Crippen molar-refractivity contribution in [1.82, 2.24) is 9.88 Å². The molecule has 22 heavy (non-hydrogen) atoms. The van der Waals surface area contributed by atoms with Gasteiger partial charge in [0.1, 0.15) is 0 Å². The van der Waals surface area contributed by atoms with Gasteiger partial charge in [-0.2, -0.15) is 0 Å². The lowest BCUT2D eigenvalue weighted by Crippen LogP contribution is -2.26. The van der Waals surface area contributed by atoms with Gasteiger partial charge in [-0.05, 0) is 56.1 Å². The normalized spacial score (nSPS) is 20.0. The maximum atomic E-state index is 11.7. The molecule has 1 atom stereocenters. The molecule has 2 heterocycles. The molecule has 1 unspecified atom stereocenters. The molecule has 1 aliphatic rings. The van der Waals surface area contributed by atoms with E-state index in [-0.39, 0.29) is 11.6 Å². The summed E-state index contributed by atoms with van der Waals surface area (Å²) in [6.45, 7) is 1.16. The minimum atomic E-state index is -3.21. The summed E-state index contributed by atoms with van der Waals surface area (Å²) in [4.78, 5) is 5.69. The van der Waals surface area contributed by atoms with E-state index in [1.807, 2.05) is 18.2 Å².